The molecule has 3 heterocycles. The molecule has 4 aromatic carbocycles. The third kappa shape index (κ3) is 4.74. The predicted octanol–water partition coefficient (Wildman–Crippen LogP) is 6.63. The van der Waals surface area contributed by atoms with Crippen molar-refractivity contribution < 1.29 is 4.79 Å². The number of carbonyl (C=O) groups is 1. The van der Waals surface area contributed by atoms with E-state index in [9.17, 15) is 9.59 Å². The maximum atomic E-state index is 14.5. The van der Waals surface area contributed by atoms with Gasteiger partial charge in [0.25, 0.3) is 11.5 Å². The average molecular weight is 563 g/mol. The van der Waals surface area contributed by atoms with E-state index in [0.29, 0.717) is 28.0 Å². The molecule has 8 nitrogen and oxygen atoms in total. The highest BCUT2D eigenvalue weighted by Gasteiger charge is 2.25. The third-order valence-electron chi connectivity index (χ3n) is 7.36. The lowest BCUT2D eigenvalue weighted by Gasteiger charge is -2.11. The Hall–Kier alpha value is -5.89. The van der Waals surface area contributed by atoms with E-state index in [2.05, 4.69) is 10.4 Å². The first kappa shape index (κ1) is 26.0. The van der Waals surface area contributed by atoms with Crippen LogP contribution in [0.1, 0.15) is 21.7 Å². The summed E-state index contributed by atoms with van der Waals surface area (Å²) in [5, 5.41) is 7.79. The molecule has 1 amide bonds. The number of fused-ring (bicyclic) bond motifs is 2. The van der Waals surface area contributed by atoms with Crippen LogP contribution in [-0.2, 0) is 0 Å². The van der Waals surface area contributed by atoms with Crippen LogP contribution in [0.25, 0.3) is 44.9 Å². The van der Waals surface area contributed by atoms with E-state index < -0.39 is 11.5 Å². The Morgan fingerprint density at radius 2 is 1.33 bits per heavy atom. The minimum absolute atomic E-state index is 0.0837. The predicted molar refractivity (Wildman–Crippen MR) is 169 cm³/mol. The summed E-state index contributed by atoms with van der Waals surface area (Å²) in [6, 6.07) is 36.3. The highest BCUT2D eigenvalue weighted by Crippen LogP contribution is 2.31. The van der Waals surface area contributed by atoms with E-state index in [4.69, 9.17) is 9.97 Å². The van der Waals surface area contributed by atoms with Gasteiger partial charge in [0, 0.05) is 16.8 Å². The maximum absolute atomic E-state index is 14.5. The van der Waals surface area contributed by atoms with Crippen molar-refractivity contribution >= 4 is 28.4 Å². The van der Waals surface area contributed by atoms with Gasteiger partial charge < -0.3 is 5.32 Å². The number of carbonyl (C=O) groups excluding carboxylic acids is 1. The minimum atomic E-state index is -0.532. The molecular formula is C35H26N6O2. The molecule has 208 valence electrons. The molecule has 0 bridgehead atoms. The number of hydrogen-bond donors (Lipinski definition) is 1. The minimum Gasteiger partial charge on any atom is -0.319 e. The Kier molecular flexibility index (Phi) is 6.36. The van der Waals surface area contributed by atoms with Crippen LogP contribution < -0.4 is 10.9 Å². The monoisotopic (exact) mass is 562 g/mol. The van der Waals surface area contributed by atoms with Crippen LogP contribution in [0.15, 0.2) is 120 Å². The largest absolute Gasteiger partial charge is 0.319 e. The normalized spacial score (nSPS) is 11.2. The lowest BCUT2D eigenvalue weighted by molar-refractivity contribution is 0.101. The number of nitrogens with zero attached hydrogens (tertiary/aromatic N) is 5. The number of rotatable bonds is 5. The van der Waals surface area contributed by atoms with Crippen molar-refractivity contribution in [2.24, 2.45) is 0 Å². The first-order chi connectivity index (χ1) is 21.0. The first-order valence-corrected chi connectivity index (χ1v) is 13.9. The molecule has 0 spiro atoms. The Morgan fingerprint density at radius 1 is 0.721 bits per heavy atom. The molecule has 0 unspecified atom stereocenters. The van der Waals surface area contributed by atoms with E-state index in [1.807, 2.05) is 117 Å². The molecule has 0 fully saturated rings. The van der Waals surface area contributed by atoms with Crippen molar-refractivity contribution in [3.8, 4) is 28.1 Å². The summed E-state index contributed by atoms with van der Waals surface area (Å²) in [7, 11) is 0. The van der Waals surface area contributed by atoms with Gasteiger partial charge in [-0.15, -0.1) is 5.10 Å². The Morgan fingerprint density at radius 3 is 1.98 bits per heavy atom. The zero-order chi connectivity index (χ0) is 29.5. The number of nitrogens with one attached hydrogen (secondary N) is 1. The van der Waals surface area contributed by atoms with Gasteiger partial charge in [0.2, 0.25) is 11.6 Å². The molecule has 1 N–H and O–H groups in total. The molecule has 0 atom stereocenters. The molecule has 43 heavy (non-hydrogen) atoms. The van der Waals surface area contributed by atoms with Crippen LogP contribution in [0.4, 0.5) is 5.69 Å². The lowest BCUT2D eigenvalue weighted by Crippen LogP contribution is -2.23. The standard InChI is InChI=1S/C35H26N6O2/c1-22-13-17-24(18-14-22)28-21-29(25-19-15-23(2)16-20-25)37-31-30(28)34(43)40-32(33(42)36-26-9-5-3-6-10-26)39-41(35(40)38-31)27-11-7-4-8-12-27/h3-21H,1-2H3,(H,36,42). The fourth-order valence-corrected chi connectivity index (χ4v) is 5.12. The SMILES string of the molecule is Cc1ccc(-c2cc(-c3ccc(C)cc3)c3c(=O)n4c(C(=O)Nc5ccccc5)nn(-c5ccccc5)c4nc3n2)cc1. The summed E-state index contributed by atoms with van der Waals surface area (Å²) >= 11 is 0. The van der Waals surface area contributed by atoms with Gasteiger partial charge >= 0.3 is 0 Å². The summed E-state index contributed by atoms with van der Waals surface area (Å²) in [5.74, 6) is -0.430. The van der Waals surface area contributed by atoms with E-state index in [0.717, 1.165) is 22.3 Å². The second-order valence-electron chi connectivity index (χ2n) is 10.4. The summed E-state index contributed by atoms with van der Waals surface area (Å²) in [6.07, 6.45) is 0. The number of para-hydroxylation sites is 2. The average Bonchev–Trinajstić information content (AvgIpc) is 3.42. The third-order valence-corrected chi connectivity index (χ3v) is 7.36. The molecular weight excluding hydrogens is 536 g/mol. The van der Waals surface area contributed by atoms with Gasteiger partial charge in [-0.25, -0.2) is 9.38 Å². The second kappa shape index (κ2) is 10.5. The fraction of sp³-hybridized carbons (Fsp3) is 0.0571. The van der Waals surface area contributed by atoms with Crippen molar-refractivity contribution in [1.82, 2.24) is 24.1 Å². The zero-order valence-electron chi connectivity index (χ0n) is 23.5. The van der Waals surface area contributed by atoms with E-state index >= 15 is 0 Å². The van der Waals surface area contributed by atoms with Crippen molar-refractivity contribution in [3.05, 3.63) is 143 Å². The number of aryl methyl sites for hydroxylation is 2. The van der Waals surface area contributed by atoms with Gasteiger partial charge in [-0.2, -0.15) is 9.67 Å². The topological polar surface area (TPSA) is 94.2 Å². The summed E-state index contributed by atoms with van der Waals surface area (Å²) in [4.78, 5) is 37.9. The molecule has 0 radical (unpaired) electrons. The number of hydrogen-bond acceptors (Lipinski definition) is 5. The van der Waals surface area contributed by atoms with Gasteiger partial charge in [0.15, 0.2) is 5.65 Å². The number of pyridine rings is 1. The molecule has 8 heteroatoms. The van der Waals surface area contributed by atoms with Gasteiger partial charge in [-0.3, -0.25) is 9.59 Å². The number of aromatic nitrogens is 5. The molecule has 7 aromatic rings. The van der Waals surface area contributed by atoms with Gasteiger partial charge in [0.1, 0.15) is 0 Å². The van der Waals surface area contributed by atoms with Gasteiger partial charge in [-0.05, 0) is 49.7 Å². The van der Waals surface area contributed by atoms with Crippen LogP contribution in [0.2, 0.25) is 0 Å². The smallest absolute Gasteiger partial charge is 0.294 e. The molecule has 0 saturated carbocycles. The van der Waals surface area contributed by atoms with Crippen LogP contribution in [0.5, 0.6) is 0 Å². The molecule has 0 aliphatic carbocycles. The number of amides is 1. The van der Waals surface area contributed by atoms with E-state index in [1.54, 1.807) is 12.1 Å². The van der Waals surface area contributed by atoms with Crippen molar-refractivity contribution in [2.75, 3.05) is 5.32 Å². The fourth-order valence-electron chi connectivity index (χ4n) is 5.12. The summed E-state index contributed by atoms with van der Waals surface area (Å²) in [6.45, 7) is 4.05. The first-order valence-electron chi connectivity index (χ1n) is 13.9. The zero-order valence-corrected chi connectivity index (χ0v) is 23.5. The second-order valence-corrected chi connectivity index (χ2v) is 10.4. The molecule has 0 aliphatic rings. The lowest BCUT2D eigenvalue weighted by atomic mass is 9.99. The van der Waals surface area contributed by atoms with Gasteiger partial charge in [-0.1, -0.05) is 96.1 Å². The Labute approximate surface area is 246 Å². The van der Waals surface area contributed by atoms with Crippen LogP contribution in [-0.4, -0.2) is 30.1 Å². The van der Waals surface area contributed by atoms with Gasteiger partial charge in [0.05, 0.1) is 16.8 Å². The number of anilines is 1. The highest BCUT2D eigenvalue weighted by molar-refractivity contribution is 6.03. The Balaban J connectivity index is 1.55. The van der Waals surface area contributed by atoms with Crippen molar-refractivity contribution in [1.29, 1.82) is 0 Å². The highest BCUT2D eigenvalue weighted by atomic mass is 16.2. The quantitative estimate of drug-likeness (QED) is 0.254. The molecule has 0 saturated heterocycles. The summed E-state index contributed by atoms with van der Waals surface area (Å²) in [5.41, 5.74) is 6.42. The van der Waals surface area contributed by atoms with Crippen LogP contribution in [0, 0.1) is 13.8 Å². The van der Waals surface area contributed by atoms with Crippen molar-refractivity contribution in [3.63, 3.8) is 0 Å². The Bertz CT molecular complexity index is 2190. The molecule has 7 rings (SSSR count). The molecule has 3 aromatic heterocycles. The van der Waals surface area contributed by atoms with Crippen LogP contribution in [0.3, 0.4) is 0 Å². The summed E-state index contributed by atoms with van der Waals surface area (Å²) < 4.78 is 2.78. The van der Waals surface area contributed by atoms with Crippen LogP contribution >= 0.6 is 0 Å². The maximum Gasteiger partial charge on any atom is 0.294 e. The molecule has 0 aliphatic heterocycles. The van der Waals surface area contributed by atoms with E-state index in [-0.39, 0.29) is 17.2 Å². The van der Waals surface area contributed by atoms with Crippen molar-refractivity contribution in [2.45, 2.75) is 13.8 Å². The van der Waals surface area contributed by atoms with E-state index in [1.165, 1.54) is 9.08 Å². The number of benzene rings is 4.